The maximum atomic E-state index is 10.9. The van der Waals surface area contributed by atoms with E-state index in [-0.39, 0.29) is 10.6 Å². The van der Waals surface area contributed by atoms with Crippen molar-refractivity contribution >= 4 is 5.69 Å². The number of non-ortho nitro benzene ring substituents is 1. The van der Waals surface area contributed by atoms with E-state index in [1.54, 1.807) is 12.1 Å². The first kappa shape index (κ1) is 19.5. The number of aromatic nitrogens is 2. The number of nitrogens with zero attached hydrogens (tertiary/aromatic N) is 3. The van der Waals surface area contributed by atoms with Gasteiger partial charge in [-0.25, -0.2) is 9.97 Å². The van der Waals surface area contributed by atoms with Gasteiger partial charge in [0.15, 0.2) is 5.82 Å². The summed E-state index contributed by atoms with van der Waals surface area (Å²) < 4.78 is 0. The van der Waals surface area contributed by atoms with E-state index >= 15 is 0 Å². The van der Waals surface area contributed by atoms with Gasteiger partial charge in [0.1, 0.15) is 0 Å². The largest absolute Gasteiger partial charge is 0.269 e. The van der Waals surface area contributed by atoms with Crippen molar-refractivity contribution in [3.63, 3.8) is 0 Å². The fourth-order valence-corrected chi connectivity index (χ4v) is 3.45. The van der Waals surface area contributed by atoms with Gasteiger partial charge in [-0.2, -0.15) is 0 Å². The molecule has 0 unspecified atom stereocenters. The molecule has 0 amide bonds. The monoisotopic (exact) mass is 395 g/mol. The minimum Gasteiger partial charge on any atom is -0.258 e. The molecule has 148 valence electrons. The molecule has 0 saturated heterocycles. The summed E-state index contributed by atoms with van der Waals surface area (Å²) in [7, 11) is 0. The Morgan fingerprint density at radius 1 is 0.767 bits per heavy atom. The summed E-state index contributed by atoms with van der Waals surface area (Å²) in [6, 6.07) is 26.8. The van der Waals surface area contributed by atoms with Crippen molar-refractivity contribution in [3.8, 4) is 22.6 Å². The number of hydrogen-bond donors (Lipinski definition) is 0. The molecule has 1 aromatic heterocycles. The Morgan fingerprint density at radius 2 is 1.37 bits per heavy atom. The molecule has 0 fully saturated rings. The fraction of sp³-hybridized carbons (Fsp3) is 0.120. The van der Waals surface area contributed by atoms with E-state index in [1.807, 2.05) is 60.7 Å². The molecule has 0 atom stereocenters. The maximum absolute atomic E-state index is 10.9. The Bertz CT molecular complexity index is 1160. The summed E-state index contributed by atoms with van der Waals surface area (Å²) in [4.78, 5) is 20.2. The van der Waals surface area contributed by atoms with Crippen LogP contribution in [-0.2, 0) is 12.8 Å². The van der Waals surface area contributed by atoms with Gasteiger partial charge in [-0.05, 0) is 30.9 Å². The summed E-state index contributed by atoms with van der Waals surface area (Å²) >= 11 is 0. The number of nitro benzene ring substituents is 1. The van der Waals surface area contributed by atoms with Crippen LogP contribution in [-0.4, -0.2) is 14.9 Å². The molecule has 0 aliphatic rings. The van der Waals surface area contributed by atoms with Crippen LogP contribution in [0, 0.1) is 17.0 Å². The molecule has 3 aromatic carbocycles. The summed E-state index contributed by atoms with van der Waals surface area (Å²) in [6.45, 7) is 2.06. The zero-order chi connectivity index (χ0) is 20.9. The Hall–Kier alpha value is -3.86. The van der Waals surface area contributed by atoms with Gasteiger partial charge >= 0.3 is 0 Å². The van der Waals surface area contributed by atoms with Crippen molar-refractivity contribution < 1.29 is 4.92 Å². The molecular formula is C25H21N3O2. The van der Waals surface area contributed by atoms with E-state index in [2.05, 4.69) is 19.1 Å². The van der Waals surface area contributed by atoms with Gasteiger partial charge in [-0.3, -0.25) is 10.1 Å². The highest BCUT2D eigenvalue weighted by atomic mass is 16.6. The van der Waals surface area contributed by atoms with Crippen LogP contribution in [0.25, 0.3) is 22.6 Å². The van der Waals surface area contributed by atoms with Crippen LogP contribution in [0.3, 0.4) is 0 Å². The van der Waals surface area contributed by atoms with Gasteiger partial charge in [0.05, 0.1) is 10.6 Å². The molecule has 5 heteroatoms. The van der Waals surface area contributed by atoms with Crippen molar-refractivity contribution in [2.45, 2.75) is 19.8 Å². The van der Waals surface area contributed by atoms with E-state index in [9.17, 15) is 10.1 Å². The van der Waals surface area contributed by atoms with Crippen LogP contribution in [0.5, 0.6) is 0 Å². The Morgan fingerprint density at radius 3 is 1.97 bits per heavy atom. The quantitative estimate of drug-likeness (QED) is 0.305. The van der Waals surface area contributed by atoms with Crippen molar-refractivity contribution in [2.24, 2.45) is 0 Å². The van der Waals surface area contributed by atoms with Crippen LogP contribution in [0.15, 0.2) is 84.9 Å². The number of hydrogen-bond acceptors (Lipinski definition) is 4. The Kier molecular flexibility index (Phi) is 5.61. The average molecular weight is 395 g/mol. The number of rotatable bonds is 6. The van der Waals surface area contributed by atoms with E-state index in [4.69, 9.17) is 9.97 Å². The van der Waals surface area contributed by atoms with Crippen LogP contribution in [0.1, 0.15) is 16.8 Å². The van der Waals surface area contributed by atoms with Gasteiger partial charge in [-0.15, -0.1) is 0 Å². The second-order valence-corrected chi connectivity index (χ2v) is 7.12. The Labute approximate surface area is 175 Å². The van der Waals surface area contributed by atoms with Crippen molar-refractivity contribution in [3.05, 3.63) is 112 Å². The van der Waals surface area contributed by atoms with Gasteiger partial charge in [0.25, 0.3) is 5.69 Å². The molecule has 0 N–H and O–H groups in total. The molecule has 0 spiro atoms. The molecule has 5 nitrogen and oxygen atoms in total. The fourth-order valence-electron chi connectivity index (χ4n) is 3.45. The molecule has 1 heterocycles. The highest BCUT2D eigenvalue weighted by molar-refractivity contribution is 5.67. The van der Waals surface area contributed by atoms with Crippen LogP contribution < -0.4 is 0 Å². The minimum atomic E-state index is -0.378. The van der Waals surface area contributed by atoms with Crippen LogP contribution in [0.4, 0.5) is 5.69 Å². The molecule has 0 saturated carbocycles. The standard InChI is InChI=1S/C25H21N3O2/c1-18-23(17-14-19-12-15-22(16-13-19)28(29)30)26-25(21-10-6-3-7-11-21)27-24(18)20-8-4-2-5-9-20/h2-13,15-16H,14,17H2,1H3. The number of benzene rings is 3. The van der Waals surface area contributed by atoms with Gasteiger partial charge in [0, 0.05) is 29.0 Å². The summed E-state index contributed by atoms with van der Waals surface area (Å²) in [5.41, 5.74) is 6.17. The minimum absolute atomic E-state index is 0.106. The zero-order valence-electron chi connectivity index (χ0n) is 16.7. The molecule has 0 aliphatic heterocycles. The lowest BCUT2D eigenvalue weighted by atomic mass is 10.0. The van der Waals surface area contributed by atoms with Crippen molar-refractivity contribution in [2.75, 3.05) is 0 Å². The van der Waals surface area contributed by atoms with Crippen LogP contribution in [0.2, 0.25) is 0 Å². The third-order valence-corrected chi connectivity index (χ3v) is 5.12. The lowest BCUT2D eigenvalue weighted by Gasteiger charge is -2.13. The molecule has 30 heavy (non-hydrogen) atoms. The lowest BCUT2D eigenvalue weighted by Crippen LogP contribution is -2.04. The molecular weight excluding hydrogens is 374 g/mol. The average Bonchev–Trinajstić information content (AvgIpc) is 2.80. The third kappa shape index (κ3) is 4.25. The van der Waals surface area contributed by atoms with Crippen molar-refractivity contribution in [1.82, 2.24) is 9.97 Å². The SMILES string of the molecule is Cc1c(CCc2ccc([N+](=O)[O-])cc2)nc(-c2ccccc2)nc1-c1ccccc1. The van der Waals surface area contributed by atoms with Crippen LogP contribution >= 0.6 is 0 Å². The summed E-state index contributed by atoms with van der Waals surface area (Å²) in [5.74, 6) is 0.707. The summed E-state index contributed by atoms with van der Waals surface area (Å²) in [5, 5.41) is 10.9. The highest BCUT2D eigenvalue weighted by Crippen LogP contribution is 2.27. The molecule has 4 aromatic rings. The first-order chi connectivity index (χ1) is 14.6. The van der Waals surface area contributed by atoms with Gasteiger partial charge < -0.3 is 0 Å². The molecule has 0 aliphatic carbocycles. The molecule has 0 bridgehead atoms. The normalized spacial score (nSPS) is 10.7. The first-order valence-electron chi connectivity index (χ1n) is 9.83. The number of nitro groups is 1. The smallest absolute Gasteiger partial charge is 0.258 e. The number of aryl methyl sites for hydroxylation is 2. The molecule has 0 radical (unpaired) electrons. The topological polar surface area (TPSA) is 68.9 Å². The summed E-state index contributed by atoms with van der Waals surface area (Å²) in [6.07, 6.45) is 1.48. The van der Waals surface area contributed by atoms with E-state index < -0.39 is 0 Å². The Balaban J connectivity index is 1.70. The third-order valence-electron chi connectivity index (χ3n) is 5.12. The van der Waals surface area contributed by atoms with E-state index in [0.717, 1.165) is 46.5 Å². The predicted octanol–water partition coefficient (Wildman–Crippen LogP) is 5.81. The predicted molar refractivity (Wildman–Crippen MR) is 118 cm³/mol. The first-order valence-corrected chi connectivity index (χ1v) is 9.83. The van der Waals surface area contributed by atoms with E-state index in [1.165, 1.54) is 0 Å². The molecule has 4 rings (SSSR count). The zero-order valence-corrected chi connectivity index (χ0v) is 16.7. The van der Waals surface area contributed by atoms with Gasteiger partial charge in [-0.1, -0.05) is 72.8 Å². The second-order valence-electron chi connectivity index (χ2n) is 7.12. The highest BCUT2D eigenvalue weighted by Gasteiger charge is 2.14. The maximum Gasteiger partial charge on any atom is 0.269 e. The van der Waals surface area contributed by atoms with Crippen molar-refractivity contribution in [1.29, 1.82) is 0 Å². The van der Waals surface area contributed by atoms with E-state index in [0.29, 0.717) is 5.82 Å². The second kappa shape index (κ2) is 8.66. The lowest BCUT2D eigenvalue weighted by molar-refractivity contribution is -0.384. The van der Waals surface area contributed by atoms with Gasteiger partial charge in [0.2, 0.25) is 0 Å².